The molecule has 0 aliphatic heterocycles. The molecule has 1 N–H and O–H groups in total. The molecule has 0 bridgehead atoms. The number of rotatable bonds is 4. The van der Waals surface area contributed by atoms with E-state index in [-0.39, 0.29) is 0 Å². The fourth-order valence-corrected chi connectivity index (χ4v) is 2.62. The fraction of sp³-hybridized carbons (Fsp3) is 0.286. The first-order valence-corrected chi connectivity index (χ1v) is 6.43. The number of ether oxygens (including phenoxy) is 1. The Morgan fingerprint density at radius 1 is 1.35 bits per heavy atom. The zero-order valence-corrected chi connectivity index (χ0v) is 10.8. The van der Waals surface area contributed by atoms with E-state index in [4.69, 9.17) is 4.74 Å². The molecule has 2 aromatic rings. The monoisotopic (exact) mass is 248 g/mol. The Bertz CT molecular complexity index is 477. The molecule has 1 heterocycles. The van der Waals surface area contributed by atoms with Crippen LogP contribution < -0.4 is 4.74 Å². The Balaban J connectivity index is 2.16. The number of methoxy groups -OCH3 is 1. The van der Waals surface area contributed by atoms with E-state index in [9.17, 15) is 5.11 Å². The molecule has 2 rings (SSSR count). The van der Waals surface area contributed by atoms with Crippen LogP contribution in [-0.4, -0.2) is 12.2 Å². The summed E-state index contributed by atoms with van der Waals surface area (Å²) in [6, 6.07) is 9.83. The fourth-order valence-electron chi connectivity index (χ4n) is 1.88. The van der Waals surface area contributed by atoms with Crippen molar-refractivity contribution in [1.29, 1.82) is 0 Å². The summed E-state index contributed by atoms with van der Waals surface area (Å²) in [6.45, 7) is 2.00. The minimum atomic E-state index is -0.445. The summed E-state index contributed by atoms with van der Waals surface area (Å²) in [6.07, 6.45) is 0.227. The van der Waals surface area contributed by atoms with Crippen molar-refractivity contribution in [2.24, 2.45) is 0 Å². The Kier molecular flexibility index (Phi) is 3.82. The average Bonchev–Trinajstić information content (AvgIpc) is 2.81. The first-order chi connectivity index (χ1) is 8.20. The maximum atomic E-state index is 10.2. The molecule has 0 radical (unpaired) electrons. The predicted molar refractivity (Wildman–Crippen MR) is 70.7 cm³/mol. The van der Waals surface area contributed by atoms with Gasteiger partial charge >= 0.3 is 0 Å². The number of aliphatic hydroxyl groups is 1. The molecule has 0 aliphatic carbocycles. The summed E-state index contributed by atoms with van der Waals surface area (Å²) in [4.78, 5) is 1.20. The topological polar surface area (TPSA) is 29.5 Å². The zero-order chi connectivity index (χ0) is 12.3. The van der Waals surface area contributed by atoms with Gasteiger partial charge in [0, 0.05) is 11.3 Å². The highest BCUT2D eigenvalue weighted by molar-refractivity contribution is 7.09. The lowest BCUT2D eigenvalue weighted by Crippen LogP contribution is -2.03. The maximum Gasteiger partial charge on any atom is 0.119 e. The van der Waals surface area contributed by atoms with Gasteiger partial charge in [-0.1, -0.05) is 12.1 Å². The van der Waals surface area contributed by atoms with Crippen LogP contribution in [-0.2, 0) is 6.42 Å². The average molecular weight is 248 g/mol. The molecule has 1 atom stereocenters. The third-order valence-corrected chi connectivity index (χ3v) is 3.71. The van der Waals surface area contributed by atoms with Gasteiger partial charge in [0.1, 0.15) is 5.75 Å². The summed E-state index contributed by atoms with van der Waals surface area (Å²) in [5.74, 6) is 0.828. The van der Waals surface area contributed by atoms with Crippen LogP contribution in [0.25, 0.3) is 0 Å². The second-order valence-corrected chi connectivity index (χ2v) is 5.05. The number of thiophene rings is 1. The van der Waals surface area contributed by atoms with Crippen LogP contribution in [0.3, 0.4) is 0 Å². The van der Waals surface area contributed by atoms with Crippen molar-refractivity contribution in [2.75, 3.05) is 7.11 Å². The summed E-state index contributed by atoms with van der Waals surface area (Å²) in [5, 5.41) is 12.2. The largest absolute Gasteiger partial charge is 0.497 e. The van der Waals surface area contributed by atoms with Gasteiger partial charge in [0.2, 0.25) is 0 Å². The molecule has 1 aromatic carbocycles. The molecule has 1 aromatic heterocycles. The van der Waals surface area contributed by atoms with E-state index in [1.807, 2.05) is 42.6 Å². The van der Waals surface area contributed by atoms with Crippen LogP contribution >= 0.6 is 11.3 Å². The lowest BCUT2D eigenvalue weighted by molar-refractivity contribution is 0.178. The number of hydrogen-bond donors (Lipinski definition) is 1. The Morgan fingerprint density at radius 2 is 2.18 bits per heavy atom. The van der Waals surface area contributed by atoms with Gasteiger partial charge in [0.15, 0.2) is 0 Å². The van der Waals surface area contributed by atoms with Gasteiger partial charge in [0.05, 0.1) is 13.2 Å². The second-order valence-electron chi connectivity index (χ2n) is 4.02. The van der Waals surface area contributed by atoms with E-state index in [0.29, 0.717) is 6.42 Å². The zero-order valence-electron chi connectivity index (χ0n) is 10.0. The normalized spacial score (nSPS) is 12.4. The van der Waals surface area contributed by atoms with Gasteiger partial charge in [-0.15, -0.1) is 11.3 Å². The molecule has 3 heteroatoms. The summed E-state index contributed by atoms with van der Waals surface area (Å²) in [7, 11) is 1.65. The van der Waals surface area contributed by atoms with Crippen molar-refractivity contribution >= 4 is 11.3 Å². The van der Waals surface area contributed by atoms with Crippen molar-refractivity contribution in [3.05, 3.63) is 51.7 Å². The van der Waals surface area contributed by atoms with Crippen LogP contribution in [0.2, 0.25) is 0 Å². The van der Waals surface area contributed by atoms with Crippen molar-refractivity contribution in [2.45, 2.75) is 19.4 Å². The molecular formula is C14H16O2S. The molecule has 0 aliphatic rings. The van der Waals surface area contributed by atoms with Gasteiger partial charge in [-0.25, -0.2) is 0 Å². The standard InChI is InChI=1S/C14H16O2S/c1-10-8-11(16-2)5-6-13(10)14(15)9-12-4-3-7-17-12/h3-8,14-15H,9H2,1-2H3. The van der Waals surface area contributed by atoms with E-state index in [1.165, 1.54) is 4.88 Å². The molecule has 0 saturated heterocycles. The van der Waals surface area contributed by atoms with Gasteiger partial charge < -0.3 is 9.84 Å². The highest BCUT2D eigenvalue weighted by atomic mass is 32.1. The lowest BCUT2D eigenvalue weighted by Gasteiger charge is -2.13. The first kappa shape index (κ1) is 12.1. The van der Waals surface area contributed by atoms with Crippen LogP contribution in [0.5, 0.6) is 5.75 Å². The van der Waals surface area contributed by atoms with Crippen molar-refractivity contribution in [3.8, 4) is 5.75 Å². The van der Waals surface area contributed by atoms with E-state index < -0.39 is 6.10 Å². The lowest BCUT2D eigenvalue weighted by atomic mass is 10.0. The minimum absolute atomic E-state index is 0.445. The van der Waals surface area contributed by atoms with E-state index in [2.05, 4.69) is 0 Å². The summed E-state index contributed by atoms with van der Waals surface area (Å²) in [5.41, 5.74) is 2.03. The molecular weight excluding hydrogens is 232 g/mol. The third kappa shape index (κ3) is 2.87. The second kappa shape index (κ2) is 5.34. The SMILES string of the molecule is COc1ccc(C(O)Cc2cccs2)c(C)c1. The van der Waals surface area contributed by atoms with Crippen molar-refractivity contribution in [1.82, 2.24) is 0 Å². The quantitative estimate of drug-likeness (QED) is 0.899. The summed E-state index contributed by atoms with van der Waals surface area (Å²) >= 11 is 1.67. The molecule has 0 spiro atoms. The first-order valence-electron chi connectivity index (χ1n) is 5.55. The Morgan fingerprint density at radius 3 is 2.76 bits per heavy atom. The Labute approximate surface area is 105 Å². The number of aryl methyl sites for hydroxylation is 1. The van der Waals surface area contributed by atoms with Crippen molar-refractivity contribution in [3.63, 3.8) is 0 Å². The van der Waals surface area contributed by atoms with E-state index >= 15 is 0 Å². The molecule has 1 unspecified atom stereocenters. The van der Waals surface area contributed by atoms with Crippen LogP contribution in [0.4, 0.5) is 0 Å². The summed E-state index contributed by atoms with van der Waals surface area (Å²) < 4.78 is 5.16. The molecule has 2 nitrogen and oxygen atoms in total. The molecule has 0 amide bonds. The van der Waals surface area contributed by atoms with E-state index in [1.54, 1.807) is 18.4 Å². The molecule has 17 heavy (non-hydrogen) atoms. The number of aliphatic hydroxyl groups excluding tert-OH is 1. The van der Waals surface area contributed by atoms with Gasteiger partial charge in [-0.2, -0.15) is 0 Å². The van der Waals surface area contributed by atoms with Gasteiger partial charge in [0.25, 0.3) is 0 Å². The minimum Gasteiger partial charge on any atom is -0.497 e. The molecule has 0 saturated carbocycles. The molecule has 90 valence electrons. The number of hydrogen-bond acceptors (Lipinski definition) is 3. The van der Waals surface area contributed by atoms with Crippen LogP contribution in [0.15, 0.2) is 35.7 Å². The van der Waals surface area contributed by atoms with Crippen molar-refractivity contribution < 1.29 is 9.84 Å². The molecule has 0 fully saturated rings. The third-order valence-electron chi connectivity index (χ3n) is 2.81. The maximum absolute atomic E-state index is 10.2. The highest BCUT2D eigenvalue weighted by Crippen LogP contribution is 2.26. The van der Waals surface area contributed by atoms with Gasteiger partial charge in [-0.3, -0.25) is 0 Å². The van der Waals surface area contributed by atoms with Crippen LogP contribution in [0, 0.1) is 6.92 Å². The Hall–Kier alpha value is -1.32. The smallest absolute Gasteiger partial charge is 0.119 e. The predicted octanol–water partition coefficient (Wildman–Crippen LogP) is 3.34. The highest BCUT2D eigenvalue weighted by Gasteiger charge is 2.12. The number of benzene rings is 1. The van der Waals surface area contributed by atoms with E-state index in [0.717, 1.165) is 16.9 Å². The van der Waals surface area contributed by atoms with Crippen LogP contribution in [0.1, 0.15) is 22.1 Å². The van der Waals surface area contributed by atoms with Gasteiger partial charge in [-0.05, 0) is 41.6 Å².